The third-order valence-corrected chi connectivity index (χ3v) is 2.86. The standard InChI is InChI=1S/C13H8ClF3N2O2/c1-21-12(20)11-18-9(6-10(19-11)13(15,16)17)7-4-2-3-5-8(7)14/h2-6H,1H3. The summed E-state index contributed by atoms with van der Waals surface area (Å²) in [5, 5.41) is 0.208. The minimum Gasteiger partial charge on any atom is -0.463 e. The van der Waals surface area contributed by atoms with E-state index in [1.165, 1.54) is 12.1 Å². The number of rotatable bonds is 2. The van der Waals surface area contributed by atoms with E-state index >= 15 is 0 Å². The highest BCUT2D eigenvalue weighted by Crippen LogP contribution is 2.32. The van der Waals surface area contributed by atoms with Crippen molar-refractivity contribution in [2.24, 2.45) is 0 Å². The fraction of sp³-hybridized carbons (Fsp3) is 0.154. The molecule has 0 spiro atoms. The molecule has 0 aliphatic heterocycles. The Labute approximate surface area is 122 Å². The lowest BCUT2D eigenvalue weighted by molar-refractivity contribution is -0.141. The zero-order valence-corrected chi connectivity index (χ0v) is 11.4. The first kappa shape index (κ1) is 15.2. The monoisotopic (exact) mass is 316 g/mol. The molecule has 0 fully saturated rings. The van der Waals surface area contributed by atoms with Crippen molar-refractivity contribution in [3.63, 3.8) is 0 Å². The Hall–Kier alpha value is -2.15. The molecule has 0 saturated carbocycles. The van der Waals surface area contributed by atoms with Crippen LogP contribution in [-0.4, -0.2) is 23.0 Å². The summed E-state index contributed by atoms with van der Waals surface area (Å²) in [5.74, 6) is -1.74. The third kappa shape index (κ3) is 3.30. The number of methoxy groups -OCH3 is 1. The predicted molar refractivity (Wildman–Crippen MR) is 68.8 cm³/mol. The highest BCUT2D eigenvalue weighted by Gasteiger charge is 2.34. The van der Waals surface area contributed by atoms with Gasteiger partial charge in [0, 0.05) is 10.6 Å². The first-order chi connectivity index (χ1) is 9.82. The van der Waals surface area contributed by atoms with Gasteiger partial charge in [-0.3, -0.25) is 0 Å². The zero-order valence-electron chi connectivity index (χ0n) is 10.6. The minimum atomic E-state index is -4.72. The number of carbonyl (C=O) groups is 1. The molecule has 0 aliphatic carbocycles. The lowest BCUT2D eigenvalue weighted by Crippen LogP contribution is -2.15. The molecule has 1 aromatic carbocycles. The molecule has 0 unspecified atom stereocenters. The lowest BCUT2D eigenvalue weighted by Gasteiger charge is -2.10. The summed E-state index contributed by atoms with van der Waals surface area (Å²) in [6, 6.07) is 6.94. The molecule has 0 radical (unpaired) electrons. The molecule has 0 saturated heterocycles. The molecule has 8 heteroatoms. The molecular weight excluding hydrogens is 309 g/mol. The van der Waals surface area contributed by atoms with Crippen molar-refractivity contribution in [1.82, 2.24) is 9.97 Å². The van der Waals surface area contributed by atoms with Crippen molar-refractivity contribution >= 4 is 17.6 Å². The van der Waals surface area contributed by atoms with E-state index in [0.29, 0.717) is 0 Å². The largest absolute Gasteiger partial charge is 0.463 e. The summed E-state index contributed by atoms with van der Waals surface area (Å²) in [4.78, 5) is 18.4. The molecule has 0 amide bonds. The number of halogens is 4. The normalized spacial score (nSPS) is 11.3. The molecule has 110 valence electrons. The fourth-order valence-electron chi connectivity index (χ4n) is 1.58. The smallest absolute Gasteiger partial charge is 0.433 e. The van der Waals surface area contributed by atoms with Gasteiger partial charge in [-0.25, -0.2) is 14.8 Å². The average Bonchev–Trinajstić information content (AvgIpc) is 2.45. The van der Waals surface area contributed by atoms with Gasteiger partial charge in [0.1, 0.15) is 5.69 Å². The SMILES string of the molecule is COC(=O)c1nc(-c2ccccc2Cl)cc(C(F)(F)F)n1. The summed E-state index contributed by atoms with van der Waals surface area (Å²) < 4.78 is 42.9. The number of aromatic nitrogens is 2. The van der Waals surface area contributed by atoms with E-state index in [1.807, 2.05) is 0 Å². The number of hydrogen-bond acceptors (Lipinski definition) is 4. The maximum Gasteiger partial charge on any atom is 0.433 e. The number of benzene rings is 1. The number of nitrogens with zero attached hydrogens (tertiary/aromatic N) is 2. The Morgan fingerprint density at radius 3 is 2.48 bits per heavy atom. The van der Waals surface area contributed by atoms with Gasteiger partial charge in [0.25, 0.3) is 0 Å². The van der Waals surface area contributed by atoms with Crippen molar-refractivity contribution in [2.75, 3.05) is 7.11 Å². The van der Waals surface area contributed by atoms with E-state index < -0.39 is 23.7 Å². The maximum atomic E-state index is 12.9. The maximum absolute atomic E-state index is 12.9. The van der Waals surface area contributed by atoms with E-state index in [9.17, 15) is 18.0 Å². The van der Waals surface area contributed by atoms with Crippen molar-refractivity contribution < 1.29 is 22.7 Å². The van der Waals surface area contributed by atoms with Crippen LogP contribution in [0.4, 0.5) is 13.2 Å². The second-order valence-electron chi connectivity index (χ2n) is 3.93. The molecule has 21 heavy (non-hydrogen) atoms. The Morgan fingerprint density at radius 2 is 1.90 bits per heavy atom. The average molecular weight is 317 g/mol. The van der Waals surface area contributed by atoms with Gasteiger partial charge >= 0.3 is 12.1 Å². The Bertz CT molecular complexity index is 689. The van der Waals surface area contributed by atoms with Gasteiger partial charge in [-0.2, -0.15) is 13.2 Å². The van der Waals surface area contributed by atoms with Crippen LogP contribution in [0.15, 0.2) is 30.3 Å². The van der Waals surface area contributed by atoms with Crippen LogP contribution in [0.2, 0.25) is 5.02 Å². The second-order valence-corrected chi connectivity index (χ2v) is 4.34. The molecule has 0 N–H and O–H groups in total. The van der Waals surface area contributed by atoms with Crippen LogP contribution in [0.25, 0.3) is 11.3 Å². The molecule has 0 atom stereocenters. The second kappa shape index (κ2) is 5.69. The summed E-state index contributed by atoms with van der Waals surface area (Å²) >= 11 is 5.93. The van der Waals surface area contributed by atoms with Crippen molar-refractivity contribution in [2.45, 2.75) is 6.18 Å². The molecular formula is C13H8ClF3N2O2. The minimum absolute atomic E-state index is 0.108. The van der Waals surface area contributed by atoms with Gasteiger partial charge in [0.2, 0.25) is 5.82 Å². The number of carbonyl (C=O) groups excluding carboxylic acids is 1. The van der Waals surface area contributed by atoms with Gasteiger partial charge in [-0.05, 0) is 12.1 Å². The van der Waals surface area contributed by atoms with Crippen LogP contribution in [0.3, 0.4) is 0 Å². The number of hydrogen-bond donors (Lipinski definition) is 0. The lowest BCUT2D eigenvalue weighted by atomic mass is 10.1. The molecule has 0 aliphatic rings. The Morgan fingerprint density at radius 1 is 1.24 bits per heavy atom. The molecule has 2 rings (SSSR count). The summed E-state index contributed by atoms with van der Waals surface area (Å²) in [6.45, 7) is 0. The van der Waals surface area contributed by atoms with Crippen LogP contribution in [0.1, 0.15) is 16.3 Å². The van der Waals surface area contributed by atoms with E-state index in [1.54, 1.807) is 12.1 Å². The van der Waals surface area contributed by atoms with Crippen LogP contribution in [0, 0.1) is 0 Å². The predicted octanol–water partition coefficient (Wildman–Crippen LogP) is 3.60. The quantitative estimate of drug-likeness (QED) is 0.794. The summed E-state index contributed by atoms with van der Waals surface area (Å²) in [6.07, 6.45) is -4.72. The van der Waals surface area contributed by atoms with Crippen molar-refractivity contribution in [3.05, 3.63) is 46.9 Å². The van der Waals surface area contributed by atoms with Crippen LogP contribution in [-0.2, 0) is 10.9 Å². The highest BCUT2D eigenvalue weighted by atomic mass is 35.5. The van der Waals surface area contributed by atoms with Gasteiger partial charge in [-0.15, -0.1) is 0 Å². The first-order valence-corrected chi connectivity index (χ1v) is 6.00. The van der Waals surface area contributed by atoms with Gasteiger partial charge in [0.05, 0.1) is 12.8 Å². The van der Waals surface area contributed by atoms with Crippen molar-refractivity contribution in [3.8, 4) is 11.3 Å². The first-order valence-electron chi connectivity index (χ1n) is 5.62. The van der Waals surface area contributed by atoms with Crippen LogP contribution in [0.5, 0.6) is 0 Å². The zero-order chi connectivity index (χ0) is 15.6. The van der Waals surface area contributed by atoms with E-state index in [2.05, 4.69) is 14.7 Å². The molecule has 0 bridgehead atoms. The summed E-state index contributed by atoms with van der Waals surface area (Å²) in [5.41, 5.74) is -1.09. The summed E-state index contributed by atoms with van der Waals surface area (Å²) in [7, 11) is 1.03. The highest BCUT2D eigenvalue weighted by molar-refractivity contribution is 6.33. The fourth-order valence-corrected chi connectivity index (χ4v) is 1.81. The topological polar surface area (TPSA) is 52.1 Å². The van der Waals surface area contributed by atoms with Crippen LogP contribution >= 0.6 is 11.6 Å². The Balaban J connectivity index is 2.66. The van der Waals surface area contributed by atoms with E-state index in [0.717, 1.165) is 13.2 Å². The van der Waals surface area contributed by atoms with Gasteiger partial charge in [0.15, 0.2) is 0 Å². The number of ether oxygens (including phenoxy) is 1. The molecule has 1 heterocycles. The van der Waals surface area contributed by atoms with Crippen molar-refractivity contribution in [1.29, 1.82) is 0 Å². The van der Waals surface area contributed by atoms with E-state index in [4.69, 9.17) is 11.6 Å². The van der Waals surface area contributed by atoms with E-state index in [-0.39, 0.29) is 16.3 Å². The van der Waals surface area contributed by atoms with Gasteiger partial charge in [-0.1, -0.05) is 29.8 Å². The molecule has 2 aromatic rings. The third-order valence-electron chi connectivity index (χ3n) is 2.53. The van der Waals surface area contributed by atoms with Crippen LogP contribution < -0.4 is 0 Å². The molecule has 1 aromatic heterocycles. The van der Waals surface area contributed by atoms with Gasteiger partial charge < -0.3 is 4.74 Å². The Kier molecular flexibility index (Phi) is 4.13. The number of esters is 1. The molecule has 4 nitrogen and oxygen atoms in total. The number of alkyl halides is 3.